The SMILES string of the molecule is COCCN1/C(=N/NC(=O)C(=O)[C@@H](NC(=O)C2CCCCC2)C2CCOCC2)SC[C@@H]1C. The lowest BCUT2D eigenvalue weighted by Crippen LogP contribution is -2.53. The highest BCUT2D eigenvalue weighted by atomic mass is 32.2. The van der Waals surface area contributed by atoms with Crippen LogP contribution in [0.15, 0.2) is 5.10 Å². The van der Waals surface area contributed by atoms with Gasteiger partial charge in [0.25, 0.3) is 0 Å². The van der Waals surface area contributed by atoms with E-state index < -0.39 is 17.7 Å². The van der Waals surface area contributed by atoms with Gasteiger partial charge < -0.3 is 19.7 Å². The van der Waals surface area contributed by atoms with Crippen molar-refractivity contribution in [2.45, 2.75) is 64.0 Å². The smallest absolute Gasteiger partial charge is 0.309 e. The number of carbonyl (C=O) groups excluding carboxylic acids is 3. The summed E-state index contributed by atoms with van der Waals surface area (Å²) in [5.74, 6) is -0.863. The molecule has 2 heterocycles. The van der Waals surface area contributed by atoms with Crippen LogP contribution in [0.25, 0.3) is 0 Å². The van der Waals surface area contributed by atoms with Crippen LogP contribution < -0.4 is 10.7 Å². The van der Waals surface area contributed by atoms with E-state index in [-0.39, 0.29) is 23.8 Å². The fraction of sp³-hybridized carbons (Fsp3) is 0.818. The van der Waals surface area contributed by atoms with Crippen LogP contribution in [0.1, 0.15) is 51.9 Å². The van der Waals surface area contributed by atoms with Gasteiger partial charge in [-0.05, 0) is 38.5 Å². The first-order chi connectivity index (χ1) is 15.5. The molecule has 9 nitrogen and oxygen atoms in total. The van der Waals surface area contributed by atoms with Gasteiger partial charge >= 0.3 is 5.91 Å². The Labute approximate surface area is 194 Å². The van der Waals surface area contributed by atoms with E-state index in [1.54, 1.807) is 7.11 Å². The molecule has 1 saturated carbocycles. The van der Waals surface area contributed by atoms with Crippen LogP contribution in [0.3, 0.4) is 0 Å². The van der Waals surface area contributed by atoms with Crippen LogP contribution in [-0.2, 0) is 23.9 Å². The molecule has 180 valence electrons. The molecule has 0 bridgehead atoms. The monoisotopic (exact) mass is 468 g/mol. The number of nitrogens with one attached hydrogen (secondary N) is 2. The van der Waals surface area contributed by atoms with Crippen molar-refractivity contribution in [1.29, 1.82) is 0 Å². The van der Waals surface area contributed by atoms with E-state index in [0.29, 0.717) is 44.4 Å². The predicted octanol–water partition coefficient (Wildman–Crippen LogP) is 1.52. The normalized spacial score (nSPS) is 25.0. The molecule has 3 aliphatic rings. The Hall–Kier alpha value is -1.65. The first-order valence-corrected chi connectivity index (χ1v) is 12.7. The van der Waals surface area contributed by atoms with E-state index >= 15 is 0 Å². The molecule has 32 heavy (non-hydrogen) atoms. The lowest BCUT2D eigenvalue weighted by molar-refractivity contribution is -0.142. The molecule has 1 aliphatic carbocycles. The molecule has 10 heteroatoms. The molecule has 2 aliphatic heterocycles. The number of carbonyl (C=O) groups is 3. The van der Waals surface area contributed by atoms with Crippen LogP contribution in [0.4, 0.5) is 0 Å². The zero-order valence-electron chi connectivity index (χ0n) is 19.1. The van der Waals surface area contributed by atoms with Gasteiger partial charge in [-0.15, -0.1) is 5.10 Å². The Morgan fingerprint density at radius 1 is 1.19 bits per heavy atom. The largest absolute Gasteiger partial charge is 0.383 e. The maximum Gasteiger partial charge on any atom is 0.309 e. The van der Waals surface area contributed by atoms with E-state index in [9.17, 15) is 14.4 Å². The van der Waals surface area contributed by atoms with Gasteiger partial charge in [-0.25, -0.2) is 5.43 Å². The molecule has 0 aromatic heterocycles. The van der Waals surface area contributed by atoms with Crippen molar-refractivity contribution >= 4 is 34.5 Å². The molecule has 3 fully saturated rings. The number of ether oxygens (including phenoxy) is 2. The summed E-state index contributed by atoms with van der Waals surface area (Å²) in [6.07, 6.45) is 6.17. The Bertz CT molecular complexity index is 692. The minimum absolute atomic E-state index is 0.0760. The van der Waals surface area contributed by atoms with E-state index in [2.05, 4.69) is 27.7 Å². The van der Waals surface area contributed by atoms with Crippen molar-refractivity contribution in [2.24, 2.45) is 16.9 Å². The number of hydrogen-bond donors (Lipinski definition) is 2. The van der Waals surface area contributed by atoms with Gasteiger partial charge in [0, 0.05) is 44.6 Å². The molecule has 0 unspecified atom stereocenters. The van der Waals surface area contributed by atoms with E-state index in [1.807, 2.05) is 0 Å². The molecular formula is C22H36N4O5S. The van der Waals surface area contributed by atoms with Gasteiger partial charge in [-0.3, -0.25) is 14.4 Å². The molecular weight excluding hydrogens is 432 g/mol. The van der Waals surface area contributed by atoms with Gasteiger partial charge in [-0.2, -0.15) is 0 Å². The van der Waals surface area contributed by atoms with Gasteiger partial charge in [0.1, 0.15) is 6.04 Å². The average molecular weight is 469 g/mol. The highest BCUT2D eigenvalue weighted by molar-refractivity contribution is 8.14. The summed E-state index contributed by atoms with van der Waals surface area (Å²) in [6.45, 7) is 4.35. The maximum absolute atomic E-state index is 13.1. The summed E-state index contributed by atoms with van der Waals surface area (Å²) in [7, 11) is 1.64. The third kappa shape index (κ3) is 6.68. The van der Waals surface area contributed by atoms with Crippen LogP contribution in [0.5, 0.6) is 0 Å². The number of amides is 2. The number of Topliss-reactive ketones (excluding diaryl/α,β-unsaturated/α-hetero) is 1. The van der Waals surface area contributed by atoms with E-state index in [1.165, 1.54) is 11.8 Å². The quantitative estimate of drug-likeness (QED) is 0.390. The van der Waals surface area contributed by atoms with Gasteiger partial charge in [-0.1, -0.05) is 31.0 Å². The third-order valence-electron chi connectivity index (χ3n) is 6.54. The van der Waals surface area contributed by atoms with Crippen molar-refractivity contribution in [1.82, 2.24) is 15.6 Å². The van der Waals surface area contributed by atoms with Crippen molar-refractivity contribution in [3.63, 3.8) is 0 Å². The van der Waals surface area contributed by atoms with Crippen LogP contribution in [0.2, 0.25) is 0 Å². The Kier molecular flexibility index (Phi) is 9.80. The van der Waals surface area contributed by atoms with Gasteiger partial charge in [0.2, 0.25) is 11.7 Å². The number of hydrogen-bond acceptors (Lipinski definition) is 7. The number of amidine groups is 1. The predicted molar refractivity (Wildman–Crippen MR) is 123 cm³/mol. The summed E-state index contributed by atoms with van der Waals surface area (Å²) < 4.78 is 10.6. The molecule has 3 rings (SSSR count). The van der Waals surface area contributed by atoms with Crippen LogP contribution in [-0.4, -0.2) is 79.0 Å². The topological polar surface area (TPSA) is 109 Å². The summed E-state index contributed by atoms with van der Waals surface area (Å²) in [5.41, 5.74) is 2.44. The number of thioether (sulfide) groups is 1. The second-order valence-corrected chi connectivity index (χ2v) is 9.80. The first-order valence-electron chi connectivity index (χ1n) is 11.7. The van der Waals surface area contributed by atoms with Gasteiger partial charge in [0.05, 0.1) is 6.61 Å². The second-order valence-electron chi connectivity index (χ2n) is 8.82. The summed E-state index contributed by atoms with van der Waals surface area (Å²) >= 11 is 1.54. The minimum atomic E-state index is -0.840. The zero-order valence-corrected chi connectivity index (χ0v) is 20.0. The lowest BCUT2D eigenvalue weighted by Gasteiger charge is -2.31. The van der Waals surface area contributed by atoms with Crippen molar-refractivity contribution in [3.05, 3.63) is 0 Å². The maximum atomic E-state index is 13.1. The van der Waals surface area contributed by atoms with Crippen molar-refractivity contribution < 1.29 is 23.9 Å². The van der Waals surface area contributed by atoms with E-state index in [4.69, 9.17) is 9.47 Å². The lowest BCUT2D eigenvalue weighted by atomic mass is 9.85. The standard InChI is InChI=1S/C22H36N4O5S/c1-15-14-32-22(26(15)10-13-30-2)25-24-21(29)19(27)18(16-8-11-31-12-9-16)23-20(28)17-6-4-3-5-7-17/h15-18H,3-14H2,1-2H3,(H,23,28)(H,24,29)/b25-22-/t15-,18-/m0/s1. The number of nitrogens with zero attached hydrogens (tertiary/aromatic N) is 2. The Morgan fingerprint density at radius 2 is 1.91 bits per heavy atom. The molecule has 2 atom stereocenters. The van der Waals surface area contributed by atoms with Crippen molar-refractivity contribution in [2.75, 3.05) is 39.2 Å². The number of hydrazone groups is 1. The molecule has 0 radical (unpaired) electrons. The molecule has 0 aromatic carbocycles. The molecule has 2 saturated heterocycles. The second kappa shape index (κ2) is 12.6. The highest BCUT2D eigenvalue weighted by Crippen LogP contribution is 2.26. The Morgan fingerprint density at radius 3 is 2.59 bits per heavy atom. The third-order valence-corrected chi connectivity index (χ3v) is 7.77. The summed E-state index contributed by atoms with van der Waals surface area (Å²) in [6, 6.07) is -0.570. The van der Waals surface area contributed by atoms with Crippen LogP contribution in [0, 0.1) is 11.8 Å². The molecule has 2 amide bonds. The number of methoxy groups -OCH3 is 1. The molecule has 0 aromatic rings. The summed E-state index contributed by atoms with van der Waals surface area (Å²) in [4.78, 5) is 40.8. The summed E-state index contributed by atoms with van der Waals surface area (Å²) in [5, 5.41) is 7.81. The van der Waals surface area contributed by atoms with Gasteiger partial charge in [0.15, 0.2) is 5.17 Å². The fourth-order valence-corrected chi connectivity index (χ4v) is 5.65. The van der Waals surface area contributed by atoms with Crippen LogP contribution >= 0.6 is 11.8 Å². The van der Waals surface area contributed by atoms with E-state index in [0.717, 1.165) is 37.9 Å². The molecule has 2 N–H and O–H groups in total. The fourth-order valence-electron chi connectivity index (χ4n) is 4.54. The number of rotatable bonds is 9. The molecule has 0 spiro atoms. The first kappa shape index (κ1) is 25.0. The number of ketones is 1. The average Bonchev–Trinajstić information content (AvgIpc) is 3.19. The van der Waals surface area contributed by atoms with Crippen molar-refractivity contribution in [3.8, 4) is 0 Å². The minimum Gasteiger partial charge on any atom is -0.383 e. The highest BCUT2D eigenvalue weighted by Gasteiger charge is 2.36. The zero-order chi connectivity index (χ0) is 22.9. The Balaban J connectivity index is 1.65.